The Morgan fingerprint density at radius 3 is 1.64 bits per heavy atom. The highest BCUT2D eigenvalue weighted by atomic mass is 16.3. The van der Waals surface area contributed by atoms with Gasteiger partial charge in [0, 0.05) is 32.6 Å². The summed E-state index contributed by atoms with van der Waals surface area (Å²) < 4.78 is 28.6. The maximum Gasteiger partial charge on any atom is 0.149 e. The third-order valence-corrected chi connectivity index (χ3v) is 15.3. The SMILES string of the molecule is [2H]C([2H])([2H])c1cnc(-c2cc(-c3cccc4c3nc(-c3cc(C(C)(C)C)cc(C(C)(C)C)c3O)n4-c3ccc(C(C)(C)C)cc3-c3ccccc3)cc(C(C)(C)C)c2)cc1-c1ccc2c3ccccc3c3ccccc3c2c1. The second kappa shape index (κ2) is 17.9. The summed E-state index contributed by atoms with van der Waals surface area (Å²) in [7, 11) is 0. The average molecular weight is 983 g/mol. The van der Waals surface area contributed by atoms with E-state index < -0.39 is 6.85 Å². The first-order chi connectivity index (χ1) is 36.8. The van der Waals surface area contributed by atoms with Gasteiger partial charge in [-0.3, -0.25) is 9.55 Å². The summed E-state index contributed by atoms with van der Waals surface area (Å²) in [5.41, 5.74) is 13.7. The molecule has 0 saturated heterocycles. The average Bonchev–Trinajstić information content (AvgIpc) is 4.03. The van der Waals surface area contributed by atoms with Crippen LogP contribution in [-0.4, -0.2) is 19.6 Å². The van der Waals surface area contributed by atoms with Crippen LogP contribution in [0.2, 0.25) is 0 Å². The standard InChI is InChI=1S/C71H69N3O/c1-43-42-72-62(41-57(43)45-30-32-56-54-26-18-17-24-52(54)53-25-19-20-27-55(53)59(56)37-45)47-34-46(35-49(36-47)69(5,6)7)51-28-21-29-64-65(51)73-67(60-39-50(70(8,9)10)40-61(66(60)75)71(11,12)13)74(64)63-33-31-48(68(2,3)4)38-58(63)44-22-15-14-16-23-44/h14-42,75H,1-13H3/i1D3. The minimum Gasteiger partial charge on any atom is -0.507 e. The molecule has 0 atom stereocenters. The third-order valence-electron chi connectivity index (χ3n) is 15.3. The van der Waals surface area contributed by atoms with Crippen LogP contribution < -0.4 is 0 Å². The summed E-state index contributed by atoms with van der Waals surface area (Å²) in [5, 5.41) is 19.5. The molecule has 0 saturated carbocycles. The topological polar surface area (TPSA) is 50.9 Å². The van der Waals surface area contributed by atoms with Crippen LogP contribution in [0.5, 0.6) is 5.75 Å². The highest BCUT2D eigenvalue weighted by Gasteiger charge is 2.30. The van der Waals surface area contributed by atoms with E-state index in [2.05, 4.69) is 251 Å². The predicted octanol–water partition coefficient (Wildman–Crippen LogP) is 19.4. The zero-order valence-corrected chi connectivity index (χ0v) is 45.5. The van der Waals surface area contributed by atoms with Crippen molar-refractivity contribution in [3.8, 4) is 67.5 Å². The Bertz CT molecular complexity index is 4140. The molecular weight excluding hydrogens is 911 g/mol. The van der Waals surface area contributed by atoms with Crippen LogP contribution in [0.4, 0.5) is 0 Å². The van der Waals surface area contributed by atoms with Gasteiger partial charge in [-0.2, -0.15) is 0 Å². The van der Waals surface area contributed by atoms with Crippen molar-refractivity contribution in [2.45, 2.75) is 112 Å². The second-order valence-electron chi connectivity index (χ2n) is 24.7. The van der Waals surface area contributed by atoms with Crippen LogP contribution >= 0.6 is 0 Å². The fourth-order valence-corrected chi connectivity index (χ4v) is 10.9. The van der Waals surface area contributed by atoms with Gasteiger partial charge in [0.15, 0.2) is 0 Å². The van der Waals surface area contributed by atoms with Gasteiger partial charge in [-0.05, 0) is 154 Å². The van der Waals surface area contributed by atoms with Crippen molar-refractivity contribution in [3.63, 3.8) is 0 Å². The van der Waals surface area contributed by atoms with E-state index in [1.54, 1.807) is 6.20 Å². The van der Waals surface area contributed by atoms with Gasteiger partial charge in [-0.15, -0.1) is 0 Å². The Morgan fingerprint density at radius 1 is 0.427 bits per heavy atom. The van der Waals surface area contributed by atoms with Gasteiger partial charge in [0.1, 0.15) is 11.6 Å². The molecule has 0 spiro atoms. The molecular formula is C71H69N3O. The molecule has 9 aromatic carbocycles. The molecule has 2 aromatic heterocycles. The number of nitrogens with zero attached hydrogens (tertiary/aromatic N) is 3. The molecule has 0 amide bonds. The number of para-hydroxylation sites is 1. The number of aromatic hydroxyl groups is 1. The predicted molar refractivity (Wildman–Crippen MR) is 320 cm³/mol. The molecule has 2 heterocycles. The lowest BCUT2D eigenvalue weighted by atomic mass is 9.79. The quantitative estimate of drug-likeness (QED) is 0.169. The molecule has 11 aromatic rings. The maximum atomic E-state index is 12.7. The second-order valence-corrected chi connectivity index (χ2v) is 24.7. The zero-order valence-electron chi connectivity index (χ0n) is 48.5. The van der Waals surface area contributed by atoms with E-state index in [4.69, 9.17) is 14.1 Å². The molecule has 1 N–H and O–H groups in total. The van der Waals surface area contributed by atoms with Gasteiger partial charge in [-0.1, -0.05) is 204 Å². The molecule has 0 bridgehead atoms. The van der Waals surface area contributed by atoms with E-state index in [-0.39, 0.29) is 33.0 Å². The lowest BCUT2D eigenvalue weighted by Gasteiger charge is -2.28. The summed E-state index contributed by atoms with van der Waals surface area (Å²) in [6.45, 7) is 24.1. The monoisotopic (exact) mass is 983 g/mol. The van der Waals surface area contributed by atoms with Crippen molar-refractivity contribution in [1.29, 1.82) is 0 Å². The Balaban J connectivity index is 1.17. The maximum absolute atomic E-state index is 12.7. The molecule has 4 nitrogen and oxygen atoms in total. The van der Waals surface area contributed by atoms with Crippen molar-refractivity contribution in [2.75, 3.05) is 0 Å². The minimum atomic E-state index is -2.42. The molecule has 0 aliphatic rings. The van der Waals surface area contributed by atoms with Crippen LogP contribution in [0.15, 0.2) is 176 Å². The number of hydrogen-bond donors (Lipinski definition) is 1. The summed E-state index contributed by atoms with van der Waals surface area (Å²) in [6.07, 6.45) is 1.55. The van der Waals surface area contributed by atoms with E-state index >= 15 is 0 Å². The number of aryl methyl sites for hydroxylation is 1. The minimum absolute atomic E-state index is 0.117. The fraction of sp³-hybridized carbons (Fsp3) is 0.239. The highest BCUT2D eigenvalue weighted by molar-refractivity contribution is 6.25. The number of phenols is 1. The van der Waals surface area contributed by atoms with Gasteiger partial charge in [0.05, 0.1) is 28.0 Å². The Morgan fingerprint density at radius 2 is 1.01 bits per heavy atom. The van der Waals surface area contributed by atoms with E-state index in [0.717, 1.165) is 93.7 Å². The molecule has 4 heteroatoms. The number of fused-ring (bicyclic) bond motifs is 7. The lowest BCUT2D eigenvalue weighted by molar-refractivity contribution is 0.446. The van der Waals surface area contributed by atoms with Gasteiger partial charge in [0.25, 0.3) is 0 Å². The molecule has 0 aliphatic heterocycles. The van der Waals surface area contributed by atoms with Crippen LogP contribution in [-0.2, 0) is 21.7 Å². The normalized spacial score (nSPS) is 13.4. The van der Waals surface area contributed by atoms with Gasteiger partial charge in [-0.25, -0.2) is 4.98 Å². The van der Waals surface area contributed by atoms with Crippen molar-refractivity contribution >= 4 is 43.4 Å². The van der Waals surface area contributed by atoms with Crippen LogP contribution in [0.25, 0.3) is 105 Å². The first-order valence-electron chi connectivity index (χ1n) is 27.9. The Hall–Kier alpha value is -7.82. The van der Waals surface area contributed by atoms with Crippen molar-refractivity contribution in [2.24, 2.45) is 0 Å². The van der Waals surface area contributed by atoms with Crippen molar-refractivity contribution in [3.05, 3.63) is 204 Å². The largest absolute Gasteiger partial charge is 0.507 e. The Labute approximate surface area is 448 Å². The third kappa shape index (κ3) is 8.88. The van der Waals surface area contributed by atoms with Gasteiger partial charge >= 0.3 is 0 Å². The summed E-state index contributed by atoms with van der Waals surface area (Å²) in [6, 6.07) is 59.9. The molecule has 11 rings (SSSR count). The number of rotatable bonds is 6. The lowest BCUT2D eigenvalue weighted by Crippen LogP contribution is -2.17. The first-order valence-corrected chi connectivity index (χ1v) is 26.4. The Kier molecular flexibility index (Phi) is 10.9. The molecule has 0 fully saturated rings. The van der Waals surface area contributed by atoms with E-state index in [1.807, 2.05) is 6.07 Å². The number of pyridine rings is 1. The van der Waals surface area contributed by atoms with Crippen molar-refractivity contribution in [1.82, 2.24) is 14.5 Å². The van der Waals surface area contributed by atoms with Crippen LogP contribution in [0.1, 0.15) is 115 Å². The van der Waals surface area contributed by atoms with E-state index in [9.17, 15) is 5.11 Å². The first kappa shape index (κ1) is 45.8. The van der Waals surface area contributed by atoms with E-state index in [0.29, 0.717) is 22.6 Å². The summed E-state index contributed by atoms with van der Waals surface area (Å²) >= 11 is 0. The molecule has 0 aliphatic carbocycles. The molecule has 0 unspecified atom stereocenters. The summed E-state index contributed by atoms with van der Waals surface area (Å²) in [5.74, 6) is 0.857. The number of hydrogen-bond acceptors (Lipinski definition) is 3. The number of imidazole rings is 1. The molecule has 374 valence electrons. The fourth-order valence-electron chi connectivity index (χ4n) is 10.9. The number of phenolic OH excluding ortho intramolecular Hbond substituents is 1. The number of aromatic nitrogens is 3. The number of benzene rings is 9. The van der Waals surface area contributed by atoms with Crippen molar-refractivity contribution < 1.29 is 9.22 Å². The van der Waals surface area contributed by atoms with Gasteiger partial charge < -0.3 is 5.11 Å². The zero-order chi connectivity index (χ0) is 55.4. The van der Waals surface area contributed by atoms with Gasteiger partial charge in [0.2, 0.25) is 0 Å². The highest BCUT2D eigenvalue weighted by Crippen LogP contribution is 2.47. The summed E-state index contributed by atoms with van der Waals surface area (Å²) in [4.78, 5) is 10.7. The van der Waals surface area contributed by atoms with Crippen LogP contribution in [0.3, 0.4) is 0 Å². The smallest absolute Gasteiger partial charge is 0.149 e. The molecule has 0 radical (unpaired) electrons. The molecule has 75 heavy (non-hydrogen) atoms. The van der Waals surface area contributed by atoms with Crippen LogP contribution in [0, 0.1) is 6.85 Å². The van der Waals surface area contributed by atoms with E-state index in [1.165, 1.54) is 10.9 Å².